The first-order chi connectivity index (χ1) is 12.3. The van der Waals surface area contributed by atoms with E-state index >= 15 is 0 Å². The van der Waals surface area contributed by atoms with Crippen LogP contribution in [0.3, 0.4) is 0 Å². The summed E-state index contributed by atoms with van der Waals surface area (Å²) in [5, 5.41) is 11.2. The minimum absolute atomic E-state index is 0.0725. The number of nitro groups is 1. The van der Waals surface area contributed by atoms with E-state index in [-0.39, 0.29) is 17.9 Å². The van der Waals surface area contributed by atoms with E-state index in [0.29, 0.717) is 5.56 Å². The van der Waals surface area contributed by atoms with Gasteiger partial charge in [0.25, 0.3) is 0 Å². The number of hydrogen-bond donors (Lipinski definition) is 1. The van der Waals surface area contributed by atoms with Crippen LogP contribution in [0, 0.1) is 10.1 Å². The molecular formula is C18H26N2O7. The number of nitrogens with zero attached hydrogens (tertiary/aromatic N) is 1. The lowest BCUT2D eigenvalue weighted by Gasteiger charge is -2.19. The first kappa shape index (κ1) is 22.4. The van der Waals surface area contributed by atoms with Crippen molar-refractivity contribution in [2.75, 3.05) is 6.61 Å². The lowest BCUT2D eigenvalue weighted by Crippen LogP contribution is -2.34. The molecule has 9 heteroatoms. The van der Waals surface area contributed by atoms with Crippen LogP contribution in [0.2, 0.25) is 0 Å². The Morgan fingerprint density at radius 3 is 2.26 bits per heavy atom. The molecular weight excluding hydrogens is 356 g/mol. The molecule has 0 saturated heterocycles. The second kappa shape index (κ2) is 8.81. The van der Waals surface area contributed by atoms with Crippen LogP contribution < -0.4 is 10.2 Å². The largest absolute Gasteiger partial charge is 0.475 e. The van der Waals surface area contributed by atoms with E-state index < -0.39 is 34.6 Å². The van der Waals surface area contributed by atoms with Crippen molar-refractivity contribution in [3.05, 3.63) is 33.9 Å². The Labute approximate surface area is 158 Å². The molecule has 150 valence electrons. The van der Waals surface area contributed by atoms with Crippen molar-refractivity contribution < 1.29 is 28.8 Å². The molecule has 0 aromatic heterocycles. The van der Waals surface area contributed by atoms with Crippen molar-refractivity contribution in [1.29, 1.82) is 0 Å². The normalized spacial score (nSPS) is 11.6. The summed E-state index contributed by atoms with van der Waals surface area (Å²) in [4.78, 5) is 39.4. The first-order valence-corrected chi connectivity index (χ1v) is 8.35. The lowest BCUT2D eigenvalue weighted by atomic mass is 10.1. The Morgan fingerprint density at radius 1 is 1.11 bits per heavy atom. The average molecular weight is 382 g/mol. The third-order valence-corrected chi connectivity index (χ3v) is 2.82. The van der Waals surface area contributed by atoms with E-state index in [1.165, 1.54) is 18.2 Å². The molecule has 1 aromatic rings. The highest BCUT2D eigenvalue weighted by Crippen LogP contribution is 2.28. The van der Waals surface area contributed by atoms with E-state index in [2.05, 4.69) is 5.48 Å². The molecule has 0 atom stereocenters. The van der Waals surface area contributed by atoms with Gasteiger partial charge in [-0.25, -0.2) is 10.3 Å². The number of esters is 1. The zero-order chi connectivity index (χ0) is 20.8. The minimum Gasteiger partial charge on any atom is -0.475 e. The number of nitrogens with one attached hydrogen (secondary N) is 1. The number of rotatable bonds is 7. The fourth-order valence-electron chi connectivity index (χ4n) is 1.87. The number of carbonyl (C=O) groups is 2. The third-order valence-electron chi connectivity index (χ3n) is 2.82. The molecule has 1 aromatic carbocycles. The number of nitro benzene ring substituents is 1. The van der Waals surface area contributed by atoms with Crippen LogP contribution >= 0.6 is 0 Å². The van der Waals surface area contributed by atoms with E-state index in [0.717, 1.165) is 0 Å². The summed E-state index contributed by atoms with van der Waals surface area (Å²) in [7, 11) is 0. The molecule has 0 fully saturated rings. The zero-order valence-electron chi connectivity index (χ0n) is 16.5. The maximum Gasteiger partial charge on any atom is 0.344 e. The van der Waals surface area contributed by atoms with Crippen LogP contribution in [0.1, 0.15) is 47.1 Å². The molecule has 0 unspecified atom stereocenters. The van der Waals surface area contributed by atoms with Crippen LogP contribution in [0.5, 0.6) is 5.75 Å². The smallest absolute Gasteiger partial charge is 0.344 e. The van der Waals surface area contributed by atoms with Gasteiger partial charge in [0, 0.05) is 6.07 Å². The van der Waals surface area contributed by atoms with Crippen LogP contribution in [0.4, 0.5) is 5.69 Å². The van der Waals surface area contributed by atoms with E-state index in [1.807, 2.05) is 0 Å². The summed E-state index contributed by atoms with van der Waals surface area (Å²) in [5.74, 6) is -1.19. The van der Waals surface area contributed by atoms with Crippen LogP contribution in [-0.2, 0) is 25.6 Å². The second-order valence-electron chi connectivity index (χ2n) is 7.85. The van der Waals surface area contributed by atoms with Crippen molar-refractivity contribution in [3.8, 4) is 5.75 Å². The fraction of sp³-hybridized carbons (Fsp3) is 0.556. The molecule has 0 spiro atoms. The van der Waals surface area contributed by atoms with E-state index in [1.54, 1.807) is 41.5 Å². The molecule has 0 radical (unpaired) electrons. The summed E-state index contributed by atoms with van der Waals surface area (Å²) in [5.41, 5.74) is 1.23. The molecule has 0 heterocycles. The van der Waals surface area contributed by atoms with Crippen molar-refractivity contribution >= 4 is 17.6 Å². The maximum atomic E-state index is 11.9. The van der Waals surface area contributed by atoms with Crippen molar-refractivity contribution in [3.63, 3.8) is 0 Å². The predicted octanol–water partition coefficient (Wildman–Crippen LogP) is 2.70. The molecule has 0 aliphatic rings. The van der Waals surface area contributed by atoms with Gasteiger partial charge in [-0.1, -0.05) is 6.07 Å². The number of benzene rings is 1. The van der Waals surface area contributed by atoms with Crippen LogP contribution in [-0.4, -0.2) is 34.6 Å². The highest BCUT2D eigenvalue weighted by Gasteiger charge is 2.21. The zero-order valence-corrected chi connectivity index (χ0v) is 16.5. The number of hydroxylamine groups is 1. The monoisotopic (exact) mass is 382 g/mol. The Balaban J connectivity index is 2.83. The quantitative estimate of drug-likeness (QED) is 0.438. The fourth-order valence-corrected chi connectivity index (χ4v) is 1.87. The highest BCUT2D eigenvalue weighted by molar-refractivity contribution is 5.78. The van der Waals surface area contributed by atoms with Gasteiger partial charge in [0.1, 0.15) is 5.60 Å². The lowest BCUT2D eigenvalue weighted by molar-refractivity contribution is -0.385. The maximum absolute atomic E-state index is 11.9. The molecule has 1 rings (SSSR count). The third kappa shape index (κ3) is 9.00. The van der Waals surface area contributed by atoms with Crippen molar-refractivity contribution in [2.24, 2.45) is 0 Å². The molecule has 0 saturated carbocycles. The van der Waals surface area contributed by atoms with Crippen molar-refractivity contribution in [2.45, 2.75) is 59.2 Å². The van der Waals surface area contributed by atoms with Gasteiger partial charge in [-0.2, -0.15) is 0 Å². The summed E-state index contributed by atoms with van der Waals surface area (Å²) in [6, 6.07) is 4.01. The van der Waals surface area contributed by atoms with Gasteiger partial charge >= 0.3 is 11.7 Å². The van der Waals surface area contributed by atoms with Crippen LogP contribution in [0.15, 0.2) is 18.2 Å². The molecule has 9 nitrogen and oxygen atoms in total. The van der Waals surface area contributed by atoms with E-state index in [4.69, 9.17) is 14.3 Å². The van der Waals surface area contributed by atoms with E-state index in [9.17, 15) is 19.7 Å². The van der Waals surface area contributed by atoms with Gasteiger partial charge in [0.2, 0.25) is 5.91 Å². The molecule has 0 bridgehead atoms. The Kier molecular flexibility index (Phi) is 7.29. The van der Waals surface area contributed by atoms with Gasteiger partial charge in [0.15, 0.2) is 12.4 Å². The topological polar surface area (TPSA) is 117 Å². The standard InChI is InChI=1S/C18H26N2O7/c1-17(2,3)26-16(22)11-25-14-9-12(7-8-13(14)20(23)24)10-15(21)19-27-18(4,5)6/h7-9H,10-11H2,1-6H3,(H,19,21). The number of hydrogen-bond acceptors (Lipinski definition) is 7. The average Bonchev–Trinajstić information content (AvgIpc) is 2.48. The number of ether oxygens (including phenoxy) is 2. The minimum atomic E-state index is -0.695. The molecule has 1 N–H and O–H groups in total. The summed E-state index contributed by atoms with van der Waals surface area (Å²) in [6.45, 7) is 9.96. The Morgan fingerprint density at radius 2 is 1.74 bits per heavy atom. The second-order valence-corrected chi connectivity index (χ2v) is 7.85. The molecule has 0 aliphatic heterocycles. The number of amides is 1. The van der Waals surface area contributed by atoms with Crippen molar-refractivity contribution in [1.82, 2.24) is 5.48 Å². The Bertz CT molecular complexity index is 703. The number of carbonyl (C=O) groups excluding carboxylic acids is 2. The summed E-state index contributed by atoms with van der Waals surface area (Å²) >= 11 is 0. The highest BCUT2D eigenvalue weighted by atomic mass is 16.7. The van der Waals surface area contributed by atoms with Gasteiger partial charge < -0.3 is 9.47 Å². The summed E-state index contributed by atoms with van der Waals surface area (Å²) in [6.07, 6.45) is -0.0725. The predicted molar refractivity (Wildman–Crippen MR) is 97.1 cm³/mol. The van der Waals surface area contributed by atoms with Gasteiger partial charge in [0.05, 0.1) is 16.9 Å². The molecule has 27 heavy (non-hydrogen) atoms. The molecule has 0 aliphatic carbocycles. The van der Waals surface area contributed by atoms with Gasteiger partial charge in [-0.15, -0.1) is 0 Å². The van der Waals surface area contributed by atoms with Gasteiger partial charge in [-0.3, -0.25) is 19.7 Å². The first-order valence-electron chi connectivity index (χ1n) is 8.35. The van der Waals surface area contributed by atoms with Gasteiger partial charge in [-0.05, 0) is 53.2 Å². The molecule has 1 amide bonds. The van der Waals surface area contributed by atoms with Crippen LogP contribution in [0.25, 0.3) is 0 Å². The summed E-state index contributed by atoms with van der Waals surface area (Å²) < 4.78 is 10.4. The SMILES string of the molecule is CC(C)(C)ONC(=O)Cc1ccc([N+](=O)[O-])c(OCC(=O)OC(C)(C)C)c1. The Hall–Kier alpha value is -2.68.